The zero-order valence-electron chi connectivity index (χ0n) is 23.8. The van der Waals surface area contributed by atoms with Crippen molar-refractivity contribution in [2.75, 3.05) is 19.3 Å². The fraction of sp³-hybridized carbons (Fsp3) is 0.704. The minimum Gasteiger partial charge on any atom is -0.354 e. The van der Waals surface area contributed by atoms with Crippen LogP contribution in [0.2, 0.25) is 0 Å². The number of aryl methyl sites for hydroxylation is 1. The highest BCUT2D eigenvalue weighted by atomic mass is 32.2. The molecule has 1 fully saturated rings. The molecule has 1 aliphatic carbocycles. The maximum Gasteiger partial charge on any atom is 0.238 e. The highest BCUT2D eigenvalue weighted by molar-refractivity contribution is 7.88. The van der Waals surface area contributed by atoms with Crippen LogP contribution in [0.3, 0.4) is 0 Å². The van der Waals surface area contributed by atoms with Gasteiger partial charge in [0, 0.05) is 24.5 Å². The molecule has 0 aliphatic heterocycles. The highest BCUT2D eigenvalue weighted by Crippen LogP contribution is 2.43. The summed E-state index contributed by atoms with van der Waals surface area (Å²) < 4.78 is 37.0. The lowest BCUT2D eigenvalue weighted by Crippen LogP contribution is -2.48. The summed E-state index contributed by atoms with van der Waals surface area (Å²) in [6, 6.07) is 7.55. The molecule has 2 rings (SSSR count). The highest BCUT2D eigenvalue weighted by Gasteiger charge is 2.42. The predicted molar refractivity (Wildman–Crippen MR) is 151 cm³/mol. The van der Waals surface area contributed by atoms with E-state index in [4.69, 9.17) is 1.28 Å². The molecule has 1 aromatic rings. The molecule has 37 heavy (non-hydrogen) atoms. The molecule has 10 heteroatoms. The molecule has 208 valence electrons. The quantitative estimate of drug-likeness (QED) is 0.211. The lowest BCUT2D eigenvalue weighted by Gasteiger charge is -2.32. The van der Waals surface area contributed by atoms with Crippen LogP contribution in [-0.2, 0) is 26.0 Å². The van der Waals surface area contributed by atoms with Crippen molar-refractivity contribution < 1.29 is 18.0 Å². The van der Waals surface area contributed by atoms with Gasteiger partial charge in [0.1, 0.15) is 7.32 Å². The third kappa shape index (κ3) is 11.2. The number of sulfonamides is 1. The molecule has 1 aromatic carbocycles. The Bertz CT molecular complexity index is 1030. The molecule has 0 radical (unpaired) electrons. The first-order valence-electron chi connectivity index (χ1n) is 13.8. The van der Waals surface area contributed by atoms with Gasteiger partial charge in [-0.05, 0) is 79.3 Å². The Morgan fingerprint density at radius 3 is 2.46 bits per heavy atom. The molecule has 1 unspecified atom stereocenters. The molecule has 1 saturated carbocycles. The number of benzene rings is 1. The molecule has 1 aliphatic rings. The van der Waals surface area contributed by atoms with Gasteiger partial charge in [-0.15, -0.1) is 0 Å². The molecular weight excluding hydrogens is 507 g/mol. The van der Waals surface area contributed by atoms with Crippen molar-refractivity contribution in [3.8, 4) is 0 Å². The van der Waals surface area contributed by atoms with Crippen molar-refractivity contribution in [2.45, 2.75) is 90.6 Å². The Morgan fingerprint density at radius 2 is 1.84 bits per heavy atom. The Kier molecular flexibility index (Phi) is 12.0. The van der Waals surface area contributed by atoms with Crippen molar-refractivity contribution in [3.63, 3.8) is 0 Å². The van der Waals surface area contributed by atoms with E-state index in [0.29, 0.717) is 38.8 Å². The summed E-state index contributed by atoms with van der Waals surface area (Å²) in [5.74, 6) is -0.194. The van der Waals surface area contributed by atoms with E-state index >= 15 is 0 Å². The number of carbonyl (C=O) groups excluding carboxylic acids is 2. The molecular formula is C27H45N4O4PS. The van der Waals surface area contributed by atoms with E-state index in [0.717, 1.165) is 38.4 Å². The first-order valence-corrected chi connectivity index (χ1v) is 15.7. The monoisotopic (exact) mass is 552 g/mol. The Balaban J connectivity index is 1.92. The Hall–Kier alpha value is -1.83. The Labute approximate surface area is 226 Å². The van der Waals surface area contributed by atoms with E-state index in [-0.39, 0.29) is 32.8 Å². The van der Waals surface area contributed by atoms with Crippen LogP contribution in [0.5, 0.6) is 0 Å². The van der Waals surface area contributed by atoms with E-state index < -0.39 is 21.5 Å². The molecule has 0 spiro atoms. The summed E-state index contributed by atoms with van der Waals surface area (Å²) >= 11 is 0. The van der Waals surface area contributed by atoms with Gasteiger partial charge >= 0.3 is 0 Å². The minimum absolute atomic E-state index is 0.0222. The summed E-state index contributed by atoms with van der Waals surface area (Å²) in [6.45, 7) is 7.03. The lowest BCUT2D eigenvalue weighted by atomic mass is 9.77. The van der Waals surface area contributed by atoms with Gasteiger partial charge < -0.3 is 10.6 Å². The number of hydrogen-bond acceptors (Lipinski definition) is 5. The minimum atomic E-state index is -3.55. The van der Waals surface area contributed by atoms with Crippen LogP contribution in [0.1, 0.15) is 76.3 Å². The van der Waals surface area contributed by atoms with Crippen molar-refractivity contribution >= 4 is 30.8 Å². The van der Waals surface area contributed by atoms with Crippen LogP contribution in [0.4, 0.5) is 0 Å². The smallest absolute Gasteiger partial charge is 0.238 e. The standard InChI is InChI=1S/C27H45N4O4PS/c1-20-10-12-23(13-11-20)17-22(3)30-26(33)27(14-6-7-15-27)18-21(2)19-28-25(32)24(31-37(4,34)35)9-5-8-16-29-36/h10-13,21-22,24,31,36H,5-9,14-19H2,1-4H3,(H,28,32)(H,30,33)/t21-,22+,24?/m0/s1/i36H. The number of nitrogens with one attached hydrogen (secondary N) is 3. The van der Waals surface area contributed by atoms with Gasteiger partial charge in [-0.3, -0.25) is 14.3 Å². The molecule has 0 saturated heterocycles. The lowest BCUT2D eigenvalue weighted by molar-refractivity contribution is -0.132. The number of nitrogens with zero attached hydrogens (tertiary/aromatic N) is 1. The van der Waals surface area contributed by atoms with Crippen LogP contribution in [0.25, 0.3) is 0 Å². The summed E-state index contributed by atoms with van der Waals surface area (Å²) in [7, 11) is -3.32. The van der Waals surface area contributed by atoms with Gasteiger partial charge in [-0.25, -0.2) is 13.1 Å². The summed E-state index contributed by atoms with van der Waals surface area (Å²) in [4.78, 5) is 26.3. The molecule has 0 bridgehead atoms. The second kappa shape index (κ2) is 14.9. The van der Waals surface area contributed by atoms with Crippen LogP contribution in [-0.4, -0.2) is 52.9 Å². The molecule has 2 amide bonds. The average molecular weight is 553 g/mol. The zero-order chi connectivity index (χ0) is 28.2. The second-order valence-electron chi connectivity index (χ2n) is 10.9. The van der Waals surface area contributed by atoms with E-state index in [2.05, 4.69) is 51.3 Å². The van der Waals surface area contributed by atoms with Crippen LogP contribution in [0.15, 0.2) is 29.0 Å². The zero-order valence-corrected chi connectivity index (χ0v) is 24.5. The van der Waals surface area contributed by atoms with Gasteiger partial charge in [0.15, 0.2) is 0 Å². The SMILES string of the molecule is [1H]P=NCCCCC(NS(C)(=O)=O)C(=O)NC[C@@H](C)CC1(C(=O)N[C@H](C)Cc2ccc(C)cc2)CCCC1. The molecule has 0 heterocycles. The topological polar surface area (TPSA) is 117 Å². The number of hydrogen-bond donors (Lipinski definition) is 3. The third-order valence-corrected chi connectivity index (χ3v) is 8.03. The van der Waals surface area contributed by atoms with Crippen molar-refractivity contribution in [1.29, 1.82) is 1.28 Å². The van der Waals surface area contributed by atoms with Gasteiger partial charge in [0.2, 0.25) is 21.8 Å². The van der Waals surface area contributed by atoms with E-state index in [9.17, 15) is 18.0 Å². The van der Waals surface area contributed by atoms with Crippen LogP contribution in [0, 0.1) is 18.3 Å². The predicted octanol–water partition coefficient (Wildman–Crippen LogP) is 4.16. The number of carbonyl (C=O) groups is 2. The summed E-state index contributed by atoms with van der Waals surface area (Å²) in [5, 5.41) is 6.17. The van der Waals surface area contributed by atoms with Gasteiger partial charge in [0.05, 0.1) is 6.26 Å². The van der Waals surface area contributed by atoms with Gasteiger partial charge in [-0.1, -0.05) is 49.6 Å². The van der Waals surface area contributed by atoms with E-state index in [1.54, 1.807) is 0 Å². The maximum absolute atomic E-state index is 13.5. The molecule has 0 aromatic heterocycles. The first kappa shape index (κ1) is 29.7. The van der Waals surface area contributed by atoms with Gasteiger partial charge in [-0.2, -0.15) is 0 Å². The van der Waals surface area contributed by atoms with Gasteiger partial charge in [0.25, 0.3) is 0 Å². The van der Waals surface area contributed by atoms with Crippen LogP contribution >= 0.6 is 8.98 Å². The number of unbranched alkanes of at least 4 members (excludes halogenated alkanes) is 1. The fourth-order valence-electron chi connectivity index (χ4n) is 5.25. The number of rotatable bonds is 16. The van der Waals surface area contributed by atoms with Crippen LogP contribution < -0.4 is 15.4 Å². The Morgan fingerprint density at radius 1 is 1.16 bits per heavy atom. The maximum atomic E-state index is 13.5. The third-order valence-electron chi connectivity index (χ3n) is 7.12. The van der Waals surface area contributed by atoms with E-state index in [1.165, 1.54) is 11.1 Å². The van der Waals surface area contributed by atoms with Crippen molar-refractivity contribution in [3.05, 3.63) is 35.4 Å². The molecule has 3 atom stereocenters. The normalized spacial score (nSPS) is 18.2. The fourth-order valence-corrected chi connectivity index (χ4v) is 6.13. The second-order valence-corrected chi connectivity index (χ2v) is 13.0. The first-order chi connectivity index (χ1) is 17.9. The summed E-state index contributed by atoms with van der Waals surface area (Å²) in [6.07, 6.45) is 7.90. The van der Waals surface area contributed by atoms with Crippen molar-refractivity contribution in [2.24, 2.45) is 16.1 Å². The molecule has 8 nitrogen and oxygen atoms in total. The summed E-state index contributed by atoms with van der Waals surface area (Å²) in [5.41, 5.74) is 1.98. The number of amides is 2. The largest absolute Gasteiger partial charge is 0.354 e. The van der Waals surface area contributed by atoms with E-state index in [1.807, 2.05) is 13.8 Å². The molecule has 3 N–H and O–H groups in total. The average Bonchev–Trinajstić information content (AvgIpc) is 3.32. The van der Waals surface area contributed by atoms with Crippen molar-refractivity contribution in [1.82, 2.24) is 15.4 Å².